The zero-order valence-corrected chi connectivity index (χ0v) is 22.3. The van der Waals surface area contributed by atoms with E-state index >= 15 is 0 Å². The Bertz CT molecular complexity index is 580. The molecule has 0 unspecified atom stereocenters. The van der Waals surface area contributed by atoms with Gasteiger partial charge < -0.3 is 0 Å². The number of amides is 1. The summed E-state index contributed by atoms with van der Waals surface area (Å²) in [5, 5.41) is 0. The molecule has 2 nitrogen and oxygen atoms in total. The van der Waals surface area contributed by atoms with Crippen molar-refractivity contribution >= 4 is 45.9 Å². The van der Waals surface area contributed by atoms with Crippen molar-refractivity contribution in [1.82, 2.24) is 0 Å². The van der Waals surface area contributed by atoms with Crippen LogP contribution in [0.3, 0.4) is 0 Å². The van der Waals surface area contributed by atoms with Crippen LogP contribution in [0.15, 0.2) is 38.9 Å². The van der Waals surface area contributed by atoms with Crippen molar-refractivity contribution in [3.8, 4) is 0 Å². The van der Waals surface area contributed by atoms with Gasteiger partial charge in [-0.15, -0.1) is 0 Å². The van der Waals surface area contributed by atoms with E-state index < -0.39 is 18.4 Å². The molecule has 0 fully saturated rings. The van der Waals surface area contributed by atoms with Gasteiger partial charge in [-0.1, -0.05) is 0 Å². The molecule has 0 aliphatic carbocycles. The van der Waals surface area contributed by atoms with Crippen LogP contribution >= 0.6 is 15.9 Å². The van der Waals surface area contributed by atoms with Crippen molar-refractivity contribution < 1.29 is 4.79 Å². The summed E-state index contributed by atoms with van der Waals surface area (Å²) in [6.45, 7) is 13.9. The van der Waals surface area contributed by atoms with Crippen LogP contribution in [0.1, 0.15) is 66.2 Å². The molecule has 0 spiro atoms. The zero-order valence-electron chi connectivity index (χ0n) is 17.8. The van der Waals surface area contributed by atoms with Crippen molar-refractivity contribution in [3.63, 3.8) is 0 Å². The van der Waals surface area contributed by atoms with Gasteiger partial charge in [-0.3, -0.25) is 0 Å². The molecule has 0 atom stereocenters. The number of rotatable bonds is 13. The molecular weight excluding hydrogens is 505 g/mol. The van der Waals surface area contributed by atoms with E-state index in [-0.39, 0.29) is 5.91 Å². The average molecular weight is 543 g/mol. The molecule has 27 heavy (non-hydrogen) atoms. The summed E-state index contributed by atoms with van der Waals surface area (Å²) in [4.78, 5) is 14.4. The van der Waals surface area contributed by atoms with Gasteiger partial charge in [0.25, 0.3) is 0 Å². The third-order valence-corrected chi connectivity index (χ3v) is 22.3. The first-order valence-corrected chi connectivity index (χ1v) is 18.9. The number of benzene rings is 1. The molecule has 152 valence electrons. The first kappa shape index (κ1) is 24.7. The number of halogens is 1. The summed E-state index contributed by atoms with van der Waals surface area (Å²) >= 11 is 1.09. The molecule has 1 rings (SSSR count). The summed E-state index contributed by atoms with van der Waals surface area (Å²) in [5.41, 5.74) is 0.966. The van der Waals surface area contributed by atoms with Crippen LogP contribution in [-0.4, -0.2) is 30.8 Å². The van der Waals surface area contributed by atoms with E-state index in [4.69, 9.17) is 0 Å². The minimum atomic E-state index is -2.53. The molecule has 1 aromatic rings. The SMILES string of the molecule is C=[C](CN(C(C)=O)c1ccccc1Br)[Sn]([CH2]CCC)([CH2]CCC)[CH2]CCC. The summed E-state index contributed by atoms with van der Waals surface area (Å²) in [5.74, 6) is 0.102. The van der Waals surface area contributed by atoms with Crippen LogP contribution in [0.2, 0.25) is 13.3 Å². The fourth-order valence-corrected chi connectivity index (χ4v) is 19.7. The van der Waals surface area contributed by atoms with Gasteiger partial charge in [0.2, 0.25) is 0 Å². The summed E-state index contributed by atoms with van der Waals surface area (Å²) in [6, 6.07) is 8.03. The number of hydrogen-bond acceptors (Lipinski definition) is 1. The topological polar surface area (TPSA) is 20.3 Å². The van der Waals surface area contributed by atoms with E-state index in [0.717, 1.165) is 10.2 Å². The van der Waals surface area contributed by atoms with E-state index in [1.807, 2.05) is 29.2 Å². The molecule has 0 aliphatic rings. The molecule has 0 heterocycles. The number of carbonyl (C=O) groups is 1. The van der Waals surface area contributed by atoms with Crippen LogP contribution in [-0.2, 0) is 4.79 Å². The molecule has 0 N–H and O–H groups in total. The van der Waals surface area contributed by atoms with Crippen molar-refractivity contribution in [2.75, 3.05) is 11.4 Å². The quantitative estimate of drug-likeness (QED) is 0.233. The van der Waals surface area contributed by atoms with Crippen molar-refractivity contribution in [3.05, 3.63) is 38.9 Å². The number of hydrogen-bond donors (Lipinski definition) is 0. The van der Waals surface area contributed by atoms with E-state index in [1.165, 1.54) is 55.4 Å². The van der Waals surface area contributed by atoms with Crippen molar-refractivity contribution in [2.45, 2.75) is 79.5 Å². The van der Waals surface area contributed by atoms with Gasteiger partial charge in [0, 0.05) is 0 Å². The second kappa shape index (κ2) is 13.0. The molecular formula is C23H38BrNOSn. The molecule has 0 aliphatic heterocycles. The number of unbranched alkanes of at least 4 members (excludes halogenated alkanes) is 3. The molecule has 0 radical (unpaired) electrons. The first-order valence-electron chi connectivity index (χ1n) is 10.6. The van der Waals surface area contributed by atoms with Gasteiger partial charge in [-0.25, -0.2) is 0 Å². The third-order valence-electron chi connectivity index (χ3n) is 5.65. The molecule has 1 aromatic carbocycles. The molecule has 4 heteroatoms. The monoisotopic (exact) mass is 543 g/mol. The minimum absolute atomic E-state index is 0.102. The number of para-hydroxylation sites is 1. The van der Waals surface area contributed by atoms with Gasteiger partial charge in [-0.05, 0) is 0 Å². The average Bonchev–Trinajstić information content (AvgIpc) is 2.66. The van der Waals surface area contributed by atoms with Gasteiger partial charge in [0.05, 0.1) is 0 Å². The summed E-state index contributed by atoms with van der Waals surface area (Å²) in [7, 11) is 0. The number of carbonyl (C=O) groups excluding carboxylic acids is 1. The van der Waals surface area contributed by atoms with E-state index in [2.05, 4.69) is 43.3 Å². The molecule has 0 saturated heterocycles. The van der Waals surface area contributed by atoms with Crippen LogP contribution < -0.4 is 4.90 Å². The zero-order chi connectivity index (χ0) is 20.3. The van der Waals surface area contributed by atoms with Crippen molar-refractivity contribution in [2.24, 2.45) is 0 Å². The molecule has 0 aromatic heterocycles. The fraction of sp³-hybridized carbons (Fsp3) is 0.609. The first-order chi connectivity index (χ1) is 12.9. The van der Waals surface area contributed by atoms with Gasteiger partial charge in [-0.2, -0.15) is 0 Å². The van der Waals surface area contributed by atoms with Crippen LogP contribution in [0, 0.1) is 0 Å². The fourth-order valence-electron chi connectivity index (χ4n) is 3.85. The Morgan fingerprint density at radius 3 is 1.89 bits per heavy atom. The summed E-state index contributed by atoms with van der Waals surface area (Å²) < 4.78 is 6.60. The maximum atomic E-state index is 12.5. The van der Waals surface area contributed by atoms with Crippen LogP contribution in [0.5, 0.6) is 0 Å². The Hall–Kier alpha value is -0.291. The second-order valence-corrected chi connectivity index (χ2v) is 22.2. The van der Waals surface area contributed by atoms with Gasteiger partial charge >= 0.3 is 181 Å². The Kier molecular flexibility index (Phi) is 11.9. The van der Waals surface area contributed by atoms with Crippen molar-refractivity contribution in [1.29, 1.82) is 0 Å². The third kappa shape index (κ3) is 7.56. The van der Waals surface area contributed by atoms with Gasteiger partial charge in [0.1, 0.15) is 0 Å². The Morgan fingerprint density at radius 1 is 1.00 bits per heavy atom. The predicted molar refractivity (Wildman–Crippen MR) is 126 cm³/mol. The predicted octanol–water partition coefficient (Wildman–Crippen LogP) is 7.75. The van der Waals surface area contributed by atoms with Crippen LogP contribution in [0.25, 0.3) is 0 Å². The molecule has 0 bridgehead atoms. The Morgan fingerprint density at radius 2 is 1.48 bits per heavy atom. The number of nitrogens with zero attached hydrogens (tertiary/aromatic N) is 1. The maximum absolute atomic E-state index is 12.5. The standard InChI is InChI=1S/C11H11BrNO.3C4H9.Sn/c1-3-8-13(9(2)14)11-7-5-4-6-10(11)12;3*1-3-4-2;/h4-7H,1,8H2,2H3;3*1,3-4H2,2H3;. The number of anilines is 1. The van der Waals surface area contributed by atoms with E-state index in [0.29, 0.717) is 6.54 Å². The summed E-state index contributed by atoms with van der Waals surface area (Å²) in [6.07, 6.45) is 7.72. The second-order valence-electron chi connectivity index (χ2n) is 7.75. The normalized spacial score (nSPS) is 11.4. The van der Waals surface area contributed by atoms with E-state index in [1.54, 1.807) is 6.92 Å². The molecule has 1 amide bonds. The van der Waals surface area contributed by atoms with E-state index in [9.17, 15) is 4.79 Å². The van der Waals surface area contributed by atoms with Crippen LogP contribution in [0.4, 0.5) is 5.69 Å². The Labute approximate surface area is 179 Å². The van der Waals surface area contributed by atoms with Gasteiger partial charge in [0.15, 0.2) is 0 Å². The molecule has 0 saturated carbocycles. The Balaban J connectivity index is 3.16.